The van der Waals surface area contributed by atoms with Gasteiger partial charge < -0.3 is 19.3 Å². The zero-order valence-electron chi connectivity index (χ0n) is 20.1. The molecule has 8 nitrogen and oxygen atoms in total. The average Bonchev–Trinajstić information content (AvgIpc) is 3.12. The van der Waals surface area contributed by atoms with E-state index in [2.05, 4.69) is 4.90 Å². The highest BCUT2D eigenvalue weighted by molar-refractivity contribution is 8.18. The van der Waals surface area contributed by atoms with Gasteiger partial charge in [0.2, 0.25) is 5.91 Å². The molecule has 0 spiro atoms. The molecule has 0 atom stereocenters. The van der Waals surface area contributed by atoms with Crippen molar-refractivity contribution >= 4 is 40.6 Å². The second-order valence-electron chi connectivity index (χ2n) is 8.55. The van der Waals surface area contributed by atoms with Crippen molar-refractivity contribution in [1.82, 2.24) is 9.80 Å². The van der Waals surface area contributed by atoms with Crippen molar-refractivity contribution in [2.24, 2.45) is 0 Å². The van der Waals surface area contributed by atoms with Gasteiger partial charge in [-0.15, -0.1) is 0 Å². The van der Waals surface area contributed by atoms with E-state index >= 15 is 0 Å². The smallest absolute Gasteiger partial charge is 0.294 e. The molecule has 2 fully saturated rings. The Morgan fingerprint density at radius 3 is 2.40 bits per heavy atom. The van der Waals surface area contributed by atoms with Crippen LogP contribution in [0.2, 0.25) is 0 Å². The Bertz CT molecular complexity index is 1130. The Balaban J connectivity index is 1.38. The van der Waals surface area contributed by atoms with E-state index < -0.39 is 11.1 Å². The Labute approximate surface area is 209 Å². The van der Waals surface area contributed by atoms with Gasteiger partial charge in [0.25, 0.3) is 11.1 Å². The van der Waals surface area contributed by atoms with Crippen molar-refractivity contribution in [3.8, 4) is 11.5 Å². The molecule has 2 aromatic carbocycles. The number of benzene rings is 2. The Morgan fingerprint density at radius 2 is 1.74 bits per heavy atom. The molecule has 9 heteroatoms. The largest absolute Gasteiger partial charge is 0.493 e. The van der Waals surface area contributed by atoms with Gasteiger partial charge in [-0.3, -0.25) is 19.3 Å². The fraction of sp³-hybridized carbons (Fsp3) is 0.346. The summed E-state index contributed by atoms with van der Waals surface area (Å²) < 4.78 is 11.1. The van der Waals surface area contributed by atoms with E-state index in [1.165, 1.54) is 0 Å². The average molecular weight is 496 g/mol. The number of nitrogens with zero attached hydrogens (tertiary/aromatic N) is 3. The molecule has 0 aromatic heterocycles. The van der Waals surface area contributed by atoms with Crippen LogP contribution in [0.25, 0.3) is 6.08 Å². The molecule has 2 saturated heterocycles. The van der Waals surface area contributed by atoms with Gasteiger partial charge in [-0.25, -0.2) is 0 Å². The molecular weight excluding hydrogens is 466 g/mol. The summed E-state index contributed by atoms with van der Waals surface area (Å²) in [6, 6.07) is 15.4. The van der Waals surface area contributed by atoms with E-state index in [1.807, 2.05) is 44.2 Å². The normalized spacial score (nSPS) is 17.5. The third-order valence-electron chi connectivity index (χ3n) is 5.77. The van der Waals surface area contributed by atoms with E-state index in [-0.39, 0.29) is 23.5 Å². The maximum Gasteiger partial charge on any atom is 0.294 e. The highest BCUT2D eigenvalue weighted by atomic mass is 32.2. The van der Waals surface area contributed by atoms with Gasteiger partial charge in [-0.05, 0) is 61.5 Å². The predicted octanol–water partition coefficient (Wildman–Crippen LogP) is 3.87. The molecule has 0 aliphatic carbocycles. The maximum absolute atomic E-state index is 12.9. The molecule has 35 heavy (non-hydrogen) atoms. The summed E-state index contributed by atoms with van der Waals surface area (Å²) in [6.07, 6.45) is 1.63. The quantitative estimate of drug-likeness (QED) is 0.540. The van der Waals surface area contributed by atoms with Gasteiger partial charge in [0.15, 0.2) is 11.5 Å². The van der Waals surface area contributed by atoms with Crippen LogP contribution < -0.4 is 14.4 Å². The van der Waals surface area contributed by atoms with Crippen molar-refractivity contribution in [1.29, 1.82) is 0 Å². The van der Waals surface area contributed by atoms with Crippen LogP contribution in [0.4, 0.5) is 10.5 Å². The minimum absolute atomic E-state index is 0.00916. The number of methoxy groups -OCH3 is 1. The SMILES string of the molecule is COc1cc(C=C2SC(=O)N(CC(=O)N3CCN(c4ccccc4)CC3)C2=O)ccc1OC(C)C. The summed E-state index contributed by atoms with van der Waals surface area (Å²) >= 11 is 0.839. The number of ether oxygens (including phenoxy) is 2. The van der Waals surface area contributed by atoms with Gasteiger partial charge >= 0.3 is 0 Å². The monoisotopic (exact) mass is 495 g/mol. The van der Waals surface area contributed by atoms with Crippen LogP contribution in [-0.2, 0) is 9.59 Å². The molecule has 0 saturated carbocycles. The molecule has 0 unspecified atom stereocenters. The number of carbonyl (C=O) groups excluding carboxylic acids is 3. The van der Waals surface area contributed by atoms with E-state index in [0.29, 0.717) is 43.2 Å². The number of para-hydroxylation sites is 1. The standard InChI is InChI=1S/C26H29N3O5S/c1-18(2)34-21-10-9-19(15-22(21)33-3)16-23-25(31)29(26(32)35-23)17-24(30)28-13-11-27(12-14-28)20-7-5-4-6-8-20/h4-10,15-16,18H,11-14,17H2,1-3H3. The lowest BCUT2D eigenvalue weighted by atomic mass is 10.2. The van der Waals surface area contributed by atoms with Crippen LogP contribution in [0.15, 0.2) is 53.4 Å². The number of amides is 3. The molecule has 2 aromatic rings. The number of imide groups is 1. The first-order chi connectivity index (χ1) is 16.9. The molecule has 0 N–H and O–H groups in total. The second kappa shape index (κ2) is 10.9. The summed E-state index contributed by atoms with van der Waals surface area (Å²) in [6.45, 7) is 6.10. The second-order valence-corrected chi connectivity index (χ2v) is 9.54. The summed E-state index contributed by atoms with van der Waals surface area (Å²) in [7, 11) is 1.55. The van der Waals surface area contributed by atoms with Gasteiger partial charge in [-0.1, -0.05) is 24.3 Å². The molecule has 2 aliphatic heterocycles. The van der Waals surface area contributed by atoms with Gasteiger partial charge in [0.05, 0.1) is 18.1 Å². The minimum Gasteiger partial charge on any atom is -0.493 e. The highest BCUT2D eigenvalue weighted by Crippen LogP contribution is 2.35. The summed E-state index contributed by atoms with van der Waals surface area (Å²) in [5, 5.41) is -0.441. The number of piperazine rings is 1. The van der Waals surface area contributed by atoms with Crippen LogP contribution in [0, 0.1) is 0 Å². The van der Waals surface area contributed by atoms with Gasteiger partial charge in [0.1, 0.15) is 6.54 Å². The van der Waals surface area contributed by atoms with Crippen LogP contribution >= 0.6 is 11.8 Å². The van der Waals surface area contributed by atoms with E-state index in [0.717, 1.165) is 22.3 Å². The molecule has 2 aliphatic rings. The molecule has 3 amide bonds. The molecule has 4 rings (SSSR count). The van der Waals surface area contributed by atoms with E-state index in [4.69, 9.17) is 9.47 Å². The topological polar surface area (TPSA) is 79.4 Å². The fourth-order valence-electron chi connectivity index (χ4n) is 4.00. The molecular formula is C26H29N3O5S. The van der Waals surface area contributed by atoms with Crippen LogP contribution in [0.5, 0.6) is 11.5 Å². The molecule has 184 valence electrons. The summed E-state index contributed by atoms with van der Waals surface area (Å²) in [5.74, 6) is 0.457. The molecule has 2 heterocycles. The van der Waals surface area contributed by atoms with Gasteiger partial charge in [0, 0.05) is 31.9 Å². The van der Waals surface area contributed by atoms with Crippen LogP contribution in [0.1, 0.15) is 19.4 Å². The summed E-state index contributed by atoms with van der Waals surface area (Å²) in [4.78, 5) is 43.6. The fourth-order valence-corrected chi connectivity index (χ4v) is 4.84. The van der Waals surface area contributed by atoms with Crippen molar-refractivity contribution in [3.63, 3.8) is 0 Å². The number of thioether (sulfide) groups is 1. The third-order valence-corrected chi connectivity index (χ3v) is 6.68. The lowest BCUT2D eigenvalue weighted by Crippen LogP contribution is -2.51. The first-order valence-electron chi connectivity index (χ1n) is 11.5. The minimum atomic E-state index is -0.460. The Kier molecular flexibility index (Phi) is 7.65. The van der Waals surface area contributed by atoms with Crippen molar-refractivity contribution in [3.05, 3.63) is 59.0 Å². The zero-order valence-corrected chi connectivity index (χ0v) is 20.9. The third kappa shape index (κ3) is 5.79. The molecule has 0 bridgehead atoms. The first kappa shape index (κ1) is 24.7. The maximum atomic E-state index is 12.9. The van der Waals surface area contributed by atoms with Crippen LogP contribution in [-0.4, -0.2) is 72.8 Å². The molecule has 0 radical (unpaired) electrons. The Morgan fingerprint density at radius 1 is 1.03 bits per heavy atom. The zero-order chi connectivity index (χ0) is 24.9. The van der Waals surface area contributed by atoms with E-state index in [1.54, 1.807) is 36.3 Å². The number of hydrogen-bond donors (Lipinski definition) is 0. The number of carbonyl (C=O) groups is 3. The highest BCUT2D eigenvalue weighted by Gasteiger charge is 2.37. The lowest BCUT2D eigenvalue weighted by Gasteiger charge is -2.36. The first-order valence-corrected chi connectivity index (χ1v) is 12.3. The predicted molar refractivity (Wildman–Crippen MR) is 137 cm³/mol. The van der Waals surface area contributed by atoms with Crippen LogP contribution in [0.3, 0.4) is 0 Å². The van der Waals surface area contributed by atoms with Crippen molar-refractivity contribution in [2.75, 3.05) is 44.7 Å². The van der Waals surface area contributed by atoms with Crippen molar-refractivity contribution in [2.45, 2.75) is 20.0 Å². The number of rotatable bonds is 7. The van der Waals surface area contributed by atoms with E-state index in [9.17, 15) is 14.4 Å². The summed E-state index contributed by atoms with van der Waals surface area (Å²) in [5.41, 5.74) is 1.82. The number of hydrogen-bond acceptors (Lipinski definition) is 7. The number of anilines is 1. The Hall–Kier alpha value is -3.46. The van der Waals surface area contributed by atoms with Gasteiger partial charge in [-0.2, -0.15) is 0 Å². The lowest BCUT2D eigenvalue weighted by molar-refractivity contribution is -0.136. The van der Waals surface area contributed by atoms with Crippen molar-refractivity contribution < 1.29 is 23.9 Å².